The normalized spacial score (nSPS) is 20.5. The summed E-state index contributed by atoms with van der Waals surface area (Å²) in [6, 6.07) is 27.1. The number of Topliss-reactive ketones (excluding diaryl/α,β-unsaturated/α-hetero) is 1. The summed E-state index contributed by atoms with van der Waals surface area (Å²) in [5.41, 5.74) is 7.66. The molecule has 3 heteroatoms. The van der Waals surface area contributed by atoms with Crippen LogP contribution in [0.5, 0.6) is 0 Å². The molecule has 1 heterocycles. The maximum Gasteiger partial charge on any atom is 0.163 e. The zero-order chi connectivity index (χ0) is 20.5. The van der Waals surface area contributed by atoms with E-state index in [2.05, 4.69) is 66.1 Å². The van der Waals surface area contributed by atoms with Gasteiger partial charge in [-0.05, 0) is 47.6 Å². The molecule has 5 rings (SSSR count). The number of anilines is 2. The van der Waals surface area contributed by atoms with Crippen molar-refractivity contribution in [2.75, 3.05) is 10.6 Å². The molecule has 0 bridgehead atoms. The average molecular weight is 395 g/mol. The maximum atomic E-state index is 13.5. The van der Waals surface area contributed by atoms with Crippen LogP contribution in [0.3, 0.4) is 0 Å². The van der Waals surface area contributed by atoms with Crippen LogP contribution >= 0.6 is 0 Å². The van der Waals surface area contributed by atoms with Crippen molar-refractivity contribution in [2.24, 2.45) is 0 Å². The summed E-state index contributed by atoms with van der Waals surface area (Å²) in [7, 11) is 0. The molecule has 3 nitrogen and oxygen atoms in total. The van der Waals surface area contributed by atoms with E-state index in [1.807, 2.05) is 30.3 Å². The summed E-state index contributed by atoms with van der Waals surface area (Å²) in [5.74, 6) is 0.429. The molecule has 2 N–H and O–H groups in total. The molecule has 150 valence electrons. The summed E-state index contributed by atoms with van der Waals surface area (Å²) in [5, 5.41) is 7.24. The fraction of sp³-hybridized carbons (Fsp3) is 0.222. The first-order chi connectivity index (χ1) is 14.7. The molecule has 0 radical (unpaired) electrons. The molecule has 0 spiro atoms. The van der Waals surface area contributed by atoms with Gasteiger partial charge in [-0.25, -0.2) is 0 Å². The lowest BCUT2D eigenvalue weighted by molar-refractivity contribution is -0.116. The fourth-order valence-electron chi connectivity index (χ4n) is 4.65. The van der Waals surface area contributed by atoms with Gasteiger partial charge in [0, 0.05) is 17.7 Å². The molecule has 0 saturated carbocycles. The summed E-state index contributed by atoms with van der Waals surface area (Å²) in [4.78, 5) is 13.5. The van der Waals surface area contributed by atoms with Gasteiger partial charge >= 0.3 is 0 Å². The number of hydrogen-bond donors (Lipinski definition) is 2. The molecule has 2 unspecified atom stereocenters. The van der Waals surface area contributed by atoms with Crippen LogP contribution in [0, 0.1) is 0 Å². The Labute approximate surface area is 177 Å². The molecule has 30 heavy (non-hydrogen) atoms. The van der Waals surface area contributed by atoms with Gasteiger partial charge in [-0.15, -0.1) is 0 Å². The molecule has 2 atom stereocenters. The molecular weight excluding hydrogens is 368 g/mol. The Morgan fingerprint density at radius 1 is 0.800 bits per heavy atom. The fourth-order valence-corrected chi connectivity index (χ4v) is 4.65. The van der Waals surface area contributed by atoms with Crippen molar-refractivity contribution in [3.05, 3.63) is 107 Å². The van der Waals surface area contributed by atoms with Crippen molar-refractivity contribution in [1.82, 2.24) is 0 Å². The van der Waals surface area contributed by atoms with Crippen molar-refractivity contribution in [2.45, 2.75) is 38.1 Å². The second-order valence-electron chi connectivity index (χ2n) is 8.17. The second kappa shape index (κ2) is 7.83. The molecule has 0 amide bonds. The number of rotatable bonds is 3. The van der Waals surface area contributed by atoms with E-state index in [1.54, 1.807) is 0 Å². The SMILES string of the molecule is CCc1ccc(C2CC(=O)C3=C(C2)Nc2ccccc2NC3c2ccccc2)cc1. The Morgan fingerprint density at radius 3 is 2.23 bits per heavy atom. The van der Waals surface area contributed by atoms with Gasteiger partial charge in [-0.3, -0.25) is 4.79 Å². The van der Waals surface area contributed by atoms with Crippen LogP contribution in [0.25, 0.3) is 0 Å². The molecular formula is C27H26N2O. The molecule has 0 saturated heterocycles. The number of fused-ring (bicyclic) bond motifs is 1. The summed E-state index contributed by atoms with van der Waals surface area (Å²) in [6.45, 7) is 2.17. The number of carbonyl (C=O) groups excluding carboxylic acids is 1. The minimum Gasteiger partial charge on any atom is -0.372 e. The molecule has 0 fully saturated rings. The van der Waals surface area contributed by atoms with Crippen molar-refractivity contribution in [3.8, 4) is 0 Å². The zero-order valence-electron chi connectivity index (χ0n) is 17.2. The van der Waals surface area contributed by atoms with E-state index in [0.717, 1.165) is 41.1 Å². The molecule has 3 aromatic rings. The van der Waals surface area contributed by atoms with Crippen LogP contribution in [-0.2, 0) is 11.2 Å². The van der Waals surface area contributed by atoms with E-state index >= 15 is 0 Å². The van der Waals surface area contributed by atoms with E-state index in [-0.39, 0.29) is 17.7 Å². The van der Waals surface area contributed by atoms with Crippen molar-refractivity contribution in [1.29, 1.82) is 0 Å². The first-order valence-corrected chi connectivity index (χ1v) is 10.8. The quantitative estimate of drug-likeness (QED) is 0.553. The zero-order valence-corrected chi connectivity index (χ0v) is 17.2. The lowest BCUT2D eigenvalue weighted by atomic mass is 9.78. The molecule has 2 aliphatic rings. The van der Waals surface area contributed by atoms with E-state index in [0.29, 0.717) is 6.42 Å². The number of nitrogens with one attached hydrogen (secondary N) is 2. The van der Waals surface area contributed by atoms with E-state index in [4.69, 9.17) is 0 Å². The van der Waals surface area contributed by atoms with Crippen LogP contribution in [-0.4, -0.2) is 5.78 Å². The first-order valence-electron chi connectivity index (χ1n) is 10.8. The predicted molar refractivity (Wildman–Crippen MR) is 123 cm³/mol. The smallest absolute Gasteiger partial charge is 0.163 e. The summed E-state index contributed by atoms with van der Waals surface area (Å²) < 4.78 is 0. The van der Waals surface area contributed by atoms with E-state index in [9.17, 15) is 4.79 Å². The van der Waals surface area contributed by atoms with Gasteiger partial charge in [0.1, 0.15) is 0 Å². The van der Waals surface area contributed by atoms with Crippen LogP contribution in [0.1, 0.15) is 48.4 Å². The third-order valence-corrected chi connectivity index (χ3v) is 6.30. The largest absolute Gasteiger partial charge is 0.372 e. The molecule has 1 aliphatic heterocycles. The number of ketones is 1. The summed E-state index contributed by atoms with van der Waals surface area (Å²) in [6.07, 6.45) is 2.42. The highest BCUT2D eigenvalue weighted by Gasteiger charge is 2.35. The average Bonchev–Trinajstić information content (AvgIpc) is 2.96. The van der Waals surface area contributed by atoms with Gasteiger partial charge in [0.15, 0.2) is 5.78 Å². The van der Waals surface area contributed by atoms with Crippen molar-refractivity contribution >= 4 is 17.2 Å². The molecule has 3 aromatic carbocycles. The van der Waals surface area contributed by atoms with Gasteiger partial charge in [-0.1, -0.05) is 73.7 Å². The highest BCUT2D eigenvalue weighted by molar-refractivity contribution is 6.01. The monoisotopic (exact) mass is 394 g/mol. The second-order valence-corrected chi connectivity index (χ2v) is 8.17. The Hall–Kier alpha value is -3.33. The van der Waals surface area contributed by atoms with Crippen LogP contribution in [0.15, 0.2) is 90.1 Å². The number of carbonyl (C=O) groups is 1. The third-order valence-electron chi connectivity index (χ3n) is 6.30. The van der Waals surface area contributed by atoms with E-state index in [1.165, 1.54) is 11.1 Å². The Morgan fingerprint density at radius 2 is 1.50 bits per heavy atom. The van der Waals surface area contributed by atoms with Gasteiger partial charge < -0.3 is 10.6 Å². The summed E-state index contributed by atoms with van der Waals surface area (Å²) >= 11 is 0. The lowest BCUT2D eigenvalue weighted by Gasteiger charge is -2.30. The lowest BCUT2D eigenvalue weighted by Crippen LogP contribution is -2.26. The van der Waals surface area contributed by atoms with Crippen LogP contribution in [0.4, 0.5) is 11.4 Å². The Kier molecular flexibility index (Phi) is 4.88. The van der Waals surface area contributed by atoms with Gasteiger partial charge in [0.05, 0.1) is 17.4 Å². The maximum absolute atomic E-state index is 13.5. The Balaban J connectivity index is 1.57. The number of para-hydroxylation sites is 2. The minimum atomic E-state index is -0.145. The molecule has 1 aliphatic carbocycles. The van der Waals surface area contributed by atoms with Gasteiger partial charge in [-0.2, -0.15) is 0 Å². The number of aryl methyl sites for hydroxylation is 1. The standard InChI is InChI=1S/C27H26N2O/c1-2-18-12-14-19(15-13-18)21-16-24-26(25(30)17-21)27(20-8-4-3-5-9-20)29-23-11-7-6-10-22(23)28-24/h3-15,21,27-29H,2,16-17H2,1H3. The molecule has 0 aromatic heterocycles. The van der Waals surface area contributed by atoms with Gasteiger partial charge in [0.25, 0.3) is 0 Å². The van der Waals surface area contributed by atoms with E-state index < -0.39 is 0 Å². The number of benzene rings is 3. The first kappa shape index (κ1) is 18.7. The topological polar surface area (TPSA) is 41.1 Å². The highest BCUT2D eigenvalue weighted by Crippen LogP contribution is 2.44. The van der Waals surface area contributed by atoms with Crippen LogP contribution in [0.2, 0.25) is 0 Å². The highest BCUT2D eigenvalue weighted by atomic mass is 16.1. The van der Waals surface area contributed by atoms with Crippen molar-refractivity contribution in [3.63, 3.8) is 0 Å². The van der Waals surface area contributed by atoms with Crippen molar-refractivity contribution < 1.29 is 4.79 Å². The van der Waals surface area contributed by atoms with Gasteiger partial charge in [0.2, 0.25) is 0 Å². The minimum absolute atomic E-state index is 0.145. The Bertz CT molecular complexity index is 1100. The number of hydrogen-bond acceptors (Lipinski definition) is 3. The van der Waals surface area contributed by atoms with Crippen LogP contribution < -0.4 is 10.6 Å². The predicted octanol–water partition coefficient (Wildman–Crippen LogP) is 6.23. The number of allylic oxidation sites excluding steroid dienone is 1. The third kappa shape index (κ3) is 3.41.